The van der Waals surface area contributed by atoms with Crippen molar-refractivity contribution in [2.45, 2.75) is 11.8 Å². The maximum atomic E-state index is 12.4. The fourth-order valence-electron chi connectivity index (χ4n) is 3.19. The van der Waals surface area contributed by atoms with E-state index in [4.69, 9.17) is 13.9 Å². The molecule has 0 aliphatic carbocycles. The Morgan fingerprint density at radius 3 is 2.66 bits per heavy atom. The molecule has 0 bridgehead atoms. The number of carbonyl (C=O) groups excluding carboxylic acids is 2. The van der Waals surface area contributed by atoms with Crippen LogP contribution in [0, 0.1) is 0 Å². The van der Waals surface area contributed by atoms with Gasteiger partial charge in [0.15, 0.2) is 12.2 Å². The van der Waals surface area contributed by atoms with Crippen molar-refractivity contribution in [3.05, 3.63) is 66.2 Å². The normalized spacial score (nSPS) is 10.9. The van der Waals surface area contributed by atoms with Crippen molar-refractivity contribution in [2.75, 3.05) is 26.5 Å². The van der Waals surface area contributed by atoms with Gasteiger partial charge in [-0.3, -0.25) is 9.59 Å². The summed E-state index contributed by atoms with van der Waals surface area (Å²) >= 11 is 1.13. The molecule has 164 valence electrons. The van der Waals surface area contributed by atoms with E-state index in [1.807, 2.05) is 60.7 Å². The zero-order chi connectivity index (χ0) is 22.5. The van der Waals surface area contributed by atoms with Gasteiger partial charge in [0.1, 0.15) is 17.0 Å². The van der Waals surface area contributed by atoms with E-state index in [9.17, 15) is 9.59 Å². The molecule has 4 rings (SSSR count). The van der Waals surface area contributed by atoms with Gasteiger partial charge in [-0.15, -0.1) is 0 Å². The van der Waals surface area contributed by atoms with E-state index < -0.39 is 5.97 Å². The van der Waals surface area contributed by atoms with Crippen LogP contribution < -0.4 is 4.74 Å². The fraction of sp³-hybridized carbons (Fsp3) is 0.208. The molecule has 0 radical (unpaired) electrons. The molecule has 7 nitrogen and oxygen atoms in total. The monoisotopic (exact) mass is 450 g/mol. The fourth-order valence-corrected chi connectivity index (χ4v) is 3.82. The van der Waals surface area contributed by atoms with Gasteiger partial charge in [-0.25, -0.2) is 4.98 Å². The molecular formula is C24H22N2O5S. The molecule has 1 amide bonds. The molecule has 0 aliphatic heterocycles. The van der Waals surface area contributed by atoms with Crippen LogP contribution in [0.15, 0.2) is 70.3 Å². The summed E-state index contributed by atoms with van der Waals surface area (Å²) in [6, 6.07) is 19.2. The highest BCUT2D eigenvalue weighted by molar-refractivity contribution is 7.99. The third-order valence-electron chi connectivity index (χ3n) is 4.90. The van der Waals surface area contributed by atoms with Crippen molar-refractivity contribution in [2.24, 2.45) is 0 Å². The quantitative estimate of drug-likeness (QED) is 0.293. The largest absolute Gasteiger partial charge is 0.497 e. The lowest BCUT2D eigenvalue weighted by Gasteiger charge is -2.17. The van der Waals surface area contributed by atoms with Crippen molar-refractivity contribution >= 4 is 45.5 Å². The van der Waals surface area contributed by atoms with Crippen LogP contribution >= 0.6 is 11.8 Å². The van der Waals surface area contributed by atoms with Gasteiger partial charge in [-0.1, -0.05) is 42.1 Å². The van der Waals surface area contributed by atoms with Gasteiger partial charge in [-0.2, -0.15) is 0 Å². The minimum absolute atomic E-state index is 0.0119. The average Bonchev–Trinajstić information content (AvgIpc) is 3.23. The number of thioether (sulfide) groups is 1. The number of rotatable bonds is 8. The SMILES string of the molecule is COc1ccc2cc(CN(C)C(=O)COC(=O)CSc3nc4ccccc4o3)ccc2c1. The summed E-state index contributed by atoms with van der Waals surface area (Å²) in [5, 5.41) is 2.51. The molecule has 8 heteroatoms. The van der Waals surface area contributed by atoms with E-state index in [-0.39, 0.29) is 18.3 Å². The van der Waals surface area contributed by atoms with Gasteiger partial charge in [0, 0.05) is 13.6 Å². The number of hydrogen-bond acceptors (Lipinski definition) is 7. The second kappa shape index (κ2) is 9.74. The second-order valence-corrected chi connectivity index (χ2v) is 8.12. The van der Waals surface area contributed by atoms with Crippen LogP contribution in [0.4, 0.5) is 0 Å². The predicted octanol–water partition coefficient (Wildman–Crippen LogP) is 4.28. The van der Waals surface area contributed by atoms with Crippen molar-refractivity contribution < 1.29 is 23.5 Å². The third-order valence-corrected chi connectivity index (χ3v) is 5.70. The molecule has 0 saturated carbocycles. The minimum atomic E-state index is -0.501. The molecule has 0 fully saturated rings. The molecule has 0 unspecified atom stereocenters. The highest BCUT2D eigenvalue weighted by Crippen LogP contribution is 2.24. The van der Waals surface area contributed by atoms with Crippen LogP contribution in [0.25, 0.3) is 21.9 Å². The van der Waals surface area contributed by atoms with Gasteiger partial charge in [0.2, 0.25) is 0 Å². The Hall–Kier alpha value is -3.52. The Labute approximate surface area is 189 Å². The third kappa shape index (κ3) is 5.20. The lowest BCUT2D eigenvalue weighted by Crippen LogP contribution is -2.31. The number of carbonyl (C=O) groups is 2. The van der Waals surface area contributed by atoms with E-state index >= 15 is 0 Å². The first-order valence-corrected chi connectivity index (χ1v) is 10.9. The maximum Gasteiger partial charge on any atom is 0.316 e. The standard InChI is InChI=1S/C24H22N2O5S/c1-26(13-16-7-8-18-12-19(29-2)10-9-17(18)11-16)22(27)14-30-23(28)15-32-24-25-20-5-3-4-6-21(20)31-24/h3-12H,13-15H2,1-2H3. The number of aromatic nitrogens is 1. The van der Waals surface area contributed by atoms with E-state index in [0.29, 0.717) is 17.4 Å². The highest BCUT2D eigenvalue weighted by atomic mass is 32.2. The summed E-state index contributed by atoms with van der Waals surface area (Å²) < 4.78 is 15.9. The molecule has 1 heterocycles. The summed E-state index contributed by atoms with van der Waals surface area (Å²) in [6.45, 7) is 0.101. The number of amides is 1. The molecular weight excluding hydrogens is 428 g/mol. The molecule has 0 spiro atoms. The van der Waals surface area contributed by atoms with Crippen molar-refractivity contribution in [1.29, 1.82) is 0 Å². The number of oxazole rings is 1. The van der Waals surface area contributed by atoms with Crippen LogP contribution in [-0.2, 0) is 20.9 Å². The van der Waals surface area contributed by atoms with Crippen molar-refractivity contribution in [3.8, 4) is 5.75 Å². The van der Waals surface area contributed by atoms with Gasteiger partial charge in [0.05, 0.1) is 7.11 Å². The number of methoxy groups -OCH3 is 1. The Bertz CT molecular complexity index is 1240. The zero-order valence-corrected chi connectivity index (χ0v) is 18.6. The van der Waals surface area contributed by atoms with Crippen LogP contribution in [0.5, 0.6) is 5.75 Å². The van der Waals surface area contributed by atoms with Crippen LogP contribution in [-0.4, -0.2) is 48.3 Å². The predicted molar refractivity (Wildman–Crippen MR) is 123 cm³/mol. The van der Waals surface area contributed by atoms with E-state index in [1.165, 1.54) is 4.90 Å². The first kappa shape index (κ1) is 21.7. The Balaban J connectivity index is 1.25. The Kier molecular flexibility index (Phi) is 6.61. The first-order chi connectivity index (χ1) is 15.5. The lowest BCUT2D eigenvalue weighted by molar-refractivity contribution is -0.149. The smallest absolute Gasteiger partial charge is 0.316 e. The topological polar surface area (TPSA) is 81.9 Å². The number of fused-ring (bicyclic) bond motifs is 2. The van der Waals surface area contributed by atoms with Gasteiger partial charge in [-0.05, 0) is 46.7 Å². The van der Waals surface area contributed by atoms with Crippen LogP contribution in [0.2, 0.25) is 0 Å². The van der Waals surface area contributed by atoms with E-state index in [1.54, 1.807) is 14.2 Å². The number of likely N-dealkylation sites (N-methyl/N-ethyl adjacent to an activating group) is 1. The summed E-state index contributed by atoms with van der Waals surface area (Å²) in [5.74, 6) is 0.0325. The molecule has 32 heavy (non-hydrogen) atoms. The summed E-state index contributed by atoms with van der Waals surface area (Å²) in [5.41, 5.74) is 2.37. The van der Waals surface area contributed by atoms with Gasteiger partial charge in [0.25, 0.3) is 11.1 Å². The van der Waals surface area contributed by atoms with E-state index in [2.05, 4.69) is 4.98 Å². The first-order valence-electron chi connectivity index (χ1n) is 9.96. The molecule has 0 N–H and O–H groups in total. The minimum Gasteiger partial charge on any atom is -0.497 e. The average molecular weight is 451 g/mol. The summed E-state index contributed by atoms with van der Waals surface area (Å²) in [6.07, 6.45) is 0. The number of para-hydroxylation sites is 2. The number of nitrogens with zero attached hydrogens (tertiary/aromatic N) is 2. The van der Waals surface area contributed by atoms with Crippen molar-refractivity contribution in [1.82, 2.24) is 9.88 Å². The highest BCUT2D eigenvalue weighted by Gasteiger charge is 2.15. The number of benzene rings is 3. The van der Waals surface area contributed by atoms with E-state index in [0.717, 1.165) is 39.4 Å². The van der Waals surface area contributed by atoms with Crippen LogP contribution in [0.3, 0.4) is 0 Å². The van der Waals surface area contributed by atoms with Gasteiger partial charge < -0.3 is 18.8 Å². The summed E-state index contributed by atoms with van der Waals surface area (Å²) in [4.78, 5) is 30.2. The molecule has 0 atom stereocenters. The van der Waals surface area contributed by atoms with Crippen molar-refractivity contribution in [3.63, 3.8) is 0 Å². The lowest BCUT2D eigenvalue weighted by atomic mass is 10.1. The summed E-state index contributed by atoms with van der Waals surface area (Å²) in [7, 11) is 3.32. The number of hydrogen-bond donors (Lipinski definition) is 0. The second-order valence-electron chi connectivity index (χ2n) is 7.19. The Morgan fingerprint density at radius 2 is 1.84 bits per heavy atom. The zero-order valence-electron chi connectivity index (χ0n) is 17.7. The molecule has 3 aromatic carbocycles. The molecule has 4 aromatic rings. The Morgan fingerprint density at radius 1 is 1.06 bits per heavy atom. The molecule has 1 aromatic heterocycles. The molecule has 0 aliphatic rings. The van der Waals surface area contributed by atoms with Gasteiger partial charge >= 0.3 is 5.97 Å². The maximum absolute atomic E-state index is 12.4. The number of ether oxygens (including phenoxy) is 2. The van der Waals surface area contributed by atoms with Crippen LogP contribution in [0.1, 0.15) is 5.56 Å². The number of esters is 1. The molecule has 0 saturated heterocycles.